The molecule has 5 heteroatoms. The molecule has 0 radical (unpaired) electrons. The SMILES string of the molecule is CCNCC(O)CN(CCOC)CCOC. The van der Waals surface area contributed by atoms with Crippen molar-refractivity contribution in [3.63, 3.8) is 0 Å². The fourth-order valence-electron chi connectivity index (χ4n) is 1.41. The normalized spacial score (nSPS) is 13.3. The van der Waals surface area contributed by atoms with E-state index in [2.05, 4.69) is 10.2 Å². The predicted octanol–water partition coefficient (Wildman–Crippen LogP) is -0.448. The van der Waals surface area contributed by atoms with E-state index in [0.717, 1.165) is 19.6 Å². The Hall–Kier alpha value is -0.200. The van der Waals surface area contributed by atoms with Crippen LogP contribution in [-0.4, -0.2) is 76.3 Å². The maximum atomic E-state index is 9.76. The number of aliphatic hydroxyl groups excluding tert-OH is 1. The van der Waals surface area contributed by atoms with Gasteiger partial charge in [-0.3, -0.25) is 4.90 Å². The number of ether oxygens (including phenoxy) is 2. The number of likely N-dealkylation sites (N-methyl/N-ethyl adjacent to an activating group) is 1. The second kappa shape index (κ2) is 11.3. The first-order chi connectivity index (χ1) is 7.74. The molecule has 0 rings (SSSR count). The lowest BCUT2D eigenvalue weighted by Gasteiger charge is -2.24. The van der Waals surface area contributed by atoms with Crippen molar-refractivity contribution in [2.24, 2.45) is 0 Å². The van der Waals surface area contributed by atoms with Crippen LogP contribution in [0.25, 0.3) is 0 Å². The molecule has 0 amide bonds. The van der Waals surface area contributed by atoms with Gasteiger partial charge in [0.25, 0.3) is 0 Å². The molecule has 0 saturated carbocycles. The van der Waals surface area contributed by atoms with E-state index in [-0.39, 0.29) is 6.10 Å². The molecule has 0 spiro atoms. The monoisotopic (exact) mass is 234 g/mol. The molecule has 0 aliphatic rings. The minimum absolute atomic E-state index is 0.339. The number of hydrogen-bond donors (Lipinski definition) is 2. The number of nitrogens with one attached hydrogen (secondary N) is 1. The van der Waals surface area contributed by atoms with Crippen molar-refractivity contribution in [2.45, 2.75) is 13.0 Å². The summed E-state index contributed by atoms with van der Waals surface area (Å²) >= 11 is 0. The van der Waals surface area contributed by atoms with E-state index in [9.17, 15) is 5.11 Å². The van der Waals surface area contributed by atoms with Gasteiger partial charge >= 0.3 is 0 Å². The van der Waals surface area contributed by atoms with E-state index in [4.69, 9.17) is 9.47 Å². The van der Waals surface area contributed by atoms with Gasteiger partial charge in [-0.25, -0.2) is 0 Å². The Kier molecular flexibility index (Phi) is 11.1. The zero-order valence-corrected chi connectivity index (χ0v) is 10.7. The highest BCUT2D eigenvalue weighted by Crippen LogP contribution is 1.93. The van der Waals surface area contributed by atoms with E-state index < -0.39 is 0 Å². The number of nitrogens with zero attached hydrogens (tertiary/aromatic N) is 1. The van der Waals surface area contributed by atoms with Crippen LogP contribution in [0.4, 0.5) is 0 Å². The van der Waals surface area contributed by atoms with Crippen LogP contribution in [0.15, 0.2) is 0 Å². The fraction of sp³-hybridized carbons (Fsp3) is 1.00. The first-order valence-electron chi connectivity index (χ1n) is 5.83. The van der Waals surface area contributed by atoms with Gasteiger partial charge in [0.05, 0.1) is 19.3 Å². The van der Waals surface area contributed by atoms with E-state index in [1.54, 1.807) is 14.2 Å². The van der Waals surface area contributed by atoms with Crippen LogP contribution < -0.4 is 5.32 Å². The van der Waals surface area contributed by atoms with Gasteiger partial charge in [-0.2, -0.15) is 0 Å². The zero-order valence-electron chi connectivity index (χ0n) is 10.7. The smallest absolute Gasteiger partial charge is 0.0791 e. The Labute approximate surface area is 98.7 Å². The van der Waals surface area contributed by atoms with E-state index in [1.807, 2.05) is 6.92 Å². The third-order valence-corrected chi connectivity index (χ3v) is 2.32. The largest absolute Gasteiger partial charge is 0.390 e. The second-order valence-corrected chi connectivity index (χ2v) is 3.75. The average Bonchev–Trinajstić information content (AvgIpc) is 2.30. The number of rotatable bonds is 11. The summed E-state index contributed by atoms with van der Waals surface area (Å²) in [7, 11) is 3.37. The number of hydrogen-bond acceptors (Lipinski definition) is 5. The highest BCUT2D eigenvalue weighted by molar-refractivity contribution is 4.66. The summed E-state index contributed by atoms with van der Waals surface area (Å²) in [6, 6.07) is 0. The van der Waals surface area contributed by atoms with Gasteiger partial charge in [0, 0.05) is 40.4 Å². The van der Waals surface area contributed by atoms with Gasteiger partial charge in [-0.05, 0) is 6.54 Å². The maximum absolute atomic E-state index is 9.76. The van der Waals surface area contributed by atoms with Crippen molar-refractivity contribution in [3.05, 3.63) is 0 Å². The Morgan fingerprint density at radius 3 is 2.19 bits per heavy atom. The van der Waals surface area contributed by atoms with Gasteiger partial charge in [-0.1, -0.05) is 6.92 Å². The summed E-state index contributed by atoms with van der Waals surface area (Å²) in [5.74, 6) is 0. The summed E-state index contributed by atoms with van der Waals surface area (Å²) in [4.78, 5) is 2.15. The molecule has 0 aromatic heterocycles. The highest BCUT2D eigenvalue weighted by atomic mass is 16.5. The zero-order chi connectivity index (χ0) is 12.2. The lowest BCUT2D eigenvalue weighted by molar-refractivity contribution is 0.0699. The molecule has 1 unspecified atom stereocenters. The molecular formula is C11H26N2O3. The van der Waals surface area contributed by atoms with Crippen molar-refractivity contribution in [1.29, 1.82) is 0 Å². The van der Waals surface area contributed by atoms with Crippen LogP contribution in [0.1, 0.15) is 6.92 Å². The molecular weight excluding hydrogens is 208 g/mol. The first-order valence-corrected chi connectivity index (χ1v) is 5.83. The van der Waals surface area contributed by atoms with Crippen molar-refractivity contribution in [2.75, 3.05) is 60.2 Å². The predicted molar refractivity (Wildman–Crippen MR) is 64.7 cm³/mol. The summed E-state index contributed by atoms with van der Waals surface area (Å²) in [6.45, 7) is 7.20. The van der Waals surface area contributed by atoms with Gasteiger partial charge in [0.15, 0.2) is 0 Å². The minimum atomic E-state index is -0.339. The summed E-state index contributed by atoms with van der Waals surface area (Å²) in [6.07, 6.45) is -0.339. The average molecular weight is 234 g/mol. The minimum Gasteiger partial charge on any atom is -0.390 e. The lowest BCUT2D eigenvalue weighted by atomic mass is 10.3. The fourth-order valence-corrected chi connectivity index (χ4v) is 1.41. The van der Waals surface area contributed by atoms with E-state index in [0.29, 0.717) is 26.3 Å². The Bertz CT molecular complexity index is 139. The molecule has 0 aromatic carbocycles. The summed E-state index contributed by atoms with van der Waals surface area (Å²) in [5.41, 5.74) is 0. The Morgan fingerprint density at radius 1 is 1.19 bits per heavy atom. The van der Waals surface area contributed by atoms with Crippen LogP contribution in [0.3, 0.4) is 0 Å². The van der Waals surface area contributed by atoms with Crippen molar-refractivity contribution in [3.8, 4) is 0 Å². The molecule has 98 valence electrons. The quantitative estimate of drug-likeness (QED) is 0.507. The van der Waals surface area contributed by atoms with Gasteiger partial charge in [0.1, 0.15) is 0 Å². The lowest BCUT2D eigenvalue weighted by Crippen LogP contribution is -2.41. The molecule has 0 aromatic rings. The van der Waals surface area contributed by atoms with Crippen molar-refractivity contribution in [1.82, 2.24) is 10.2 Å². The number of methoxy groups -OCH3 is 2. The van der Waals surface area contributed by atoms with Gasteiger partial charge in [-0.15, -0.1) is 0 Å². The molecule has 0 saturated heterocycles. The molecule has 5 nitrogen and oxygen atoms in total. The van der Waals surface area contributed by atoms with Crippen LogP contribution in [-0.2, 0) is 9.47 Å². The molecule has 16 heavy (non-hydrogen) atoms. The Morgan fingerprint density at radius 2 is 1.75 bits per heavy atom. The van der Waals surface area contributed by atoms with E-state index >= 15 is 0 Å². The standard InChI is InChI=1S/C11H26N2O3/c1-4-12-9-11(14)10-13(5-7-15-2)6-8-16-3/h11-12,14H,4-10H2,1-3H3. The third-order valence-electron chi connectivity index (χ3n) is 2.32. The van der Waals surface area contributed by atoms with Crippen LogP contribution in [0.2, 0.25) is 0 Å². The molecule has 0 bridgehead atoms. The van der Waals surface area contributed by atoms with E-state index in [1.165, 1.54) is 0 Å². The van der Waals surface area contributed by atoms with Gasteiger partial charge in [0.2, 0.25) is 0 Å². The molecule has 0 aliphatic carbocycles. The molecule has 1 atom stereocenters. The number of aliphatic hydroxyl groups is 1. The highest BCUT2D eigenvalue weighted by Gasteiger charge is 2.10. The van der Waals surface area contributed by atoms with Crippen LogP contribution in [0.5, 0.6) is 0 Å². The maximum Gasteiger partial charge on any atom is 0.0791 e. The summed E-state index contributed by atoms with van der Waals surface area (Å²) in [5, 5.41) is 12.9. The second-order valence-electron chi connectivity index (χ2n) is 3.75. The molecule has 0 fully saturated rings. The summed E-state index contributed by atoms with van der Waals surface area (Å²) < 4.78 is 10.1. The Balaban J connectivity index is 3.78. The topological polar surface area (TPSA) is 54.0 Å². The third kappa shape index (κ3) is 9.06. The van der Waals surface area contributed by atoms with Crippen LogP contribution in [0, 0.1) is 0 Å². The molecule has 2 N–H and O–H groups in total. The van der Waals surface area contributed by atoms with Crippen molar-refractivity contribution >= 4 is 0 Å². The van der Waals surface area contributed by atoms with Gasteiger partial charge < -0.3 is 19.9 Å². The van der Waals surface area contributed by atoms with Crippen LogP contribution >= 0.6 is 0 Å². The first kappa shape index (κ1) is 15.8. The molecule has 0 aliphatic heterocycles. The molecule has 0 heterocycles. The van der Waals surface area contributed by atoms with Crippen molar-refractivity contribution < 1.29 is 14.6 Å².